The van der Waals surface area contributed by atoms with Crippen LogP contribution in [0.1, 0.15) is 62.5 Å². The summed E-state index contributed by atoms with van der Waals surface area (Å²) in [5.41, 5.74) is 2.65. The van der Waals surface area contributed by atoms with Gasteiger partial charge in [-0.2, -0.15) is 0 Å². The molecule has 202 valence electrons. The van der Waals surface area contributed by atoms with Gasteiger partial charge in [0.15, 0.2) is 0 Å². The highest BCUT2D eigenvalue weighted by Gasteiger charge is 2.11. The van der Waals surface area contributed by atoms with Crippen molar-refractivity contribution >= 4 is 23.5 Å². The van der Waals surface area contributed by atoms with E-state index in [2.05, 4.69) is 17.4 Å². The maximum atomic E-state index is 12.3. The zero-order valence-corrected chi connectivity index (χ0v) is 22.3. The molecule has 0 aliphatic rings. The predicted molar refractivity (Wildman–Crippen MR) is 144 cm³/mol. The summed E-state index contributed by atoms with van der Waals surface area (Å²) < 4.78 is 11.2. The van der Waals surface area contributed by atoms with Crippen molar-refractivity contribution in [2.45, 2.75) is 64.2 Å². The van der Waals surface area contributed by atoms with Gasteiger partial charge in [0.1, 0.15) is 11.5 Å². The average molecular weight is 513 g/mol. The summed E-state index contributed by atoms with van der Waals surface area (Å²) >= 11 is 0. The monoisotopic (exact) mass is 512 g/mol. The Morgan fingerprint density at radius 3 is 2.27 bits per heavy atom. The molecular formula is C29H40N2O6. The van der Waals surface area contributed by atoms with E-state index in [1.54, 1.807) is 39.4 Å². The number of unbranched alkanes of at least 4 members (excludes halogenated alkanes) is 3. The van der Waals surface area contributed by atoms with Gasteiger partial charge in [-0.1, -0.05) is 25.0 Å². The minimum absolute atomic E-state index is 0.0116. The Balaban J connectivity index is 1.78. The lowest BCUT2D eigenvalue weighted by Crippen LogP contribution is -2.21. The van der Waals surface area contributed by atoms with Crippen LogP contribution in [0.2, 0.25) is 0 Å². The maximum Gasteiger partial charge on any atom is 0.303 e. The van der Waals surface area contributed by atoms with E-state index in [9.17, 15) is 14.4 Å². The minimum atomic E-state index is -0.886. The molecule has 0 saturated carbocycles. The first kappa shape index (κ1) is 29.7. The van der Waals surface area contributed by atoms with E-state index < -0.39 is 5.97 Å². The summed E-state index contributed by atoms with van der Waals surface area (Å²) in [6, 6.07) is 13.5. The molecule has 2 amide bonds. The molecule has 0 radical (unpaired) electrons. The van der Waals surface area contributed by atoms with Crippen molar-refractivity contribution in [3.05, 3.63) is 53.6 Å². The number of carboxylic acids is 1. The van der Waals surface area contributed by atoms with E-state index in [0.29, 0.717) is 37.3 Å². The summed E-state index contributed by atoms with van der Waals surface area (Å²) in [6.45, 7) is 0.550. The fraction of sp³-hybridized carbons (Fsp3) is 0.483. The highest BCUT2D eigenvalue weighted by Crippen LogP contribution is 2.25. The third-order valence-electron chi connectivity index (χ3n) is 6.02. The van der Waals surface area contributed by atoms with E-state index in [1.807, 2.05) is 12.1 Å². The Morgan fingerprint density at radius 1 is 0.865 bits per heavy atom. The maximum absolute atomic E-state index is 12.3. The number of aliphatic carboxylic acids is 1. The lowest BCUT2D eigenvalue weighted by Gasteiger charge is -2.14. The van der Waals surface area contributed by atoms with Crippen molar-refractivity contribution in [1.82, 2.24) is 4.90 Å². The third kappa shape index (κ3) is 11.8. The number of benzene rings is 2. The lowest BCUT2D eigenvalue weighted by molar-refractivity contribution is -0.137. The van der Waals surface area contributed by atoms with E-state index in [4.69, 9.17) is 14.6 Å². The van der Waals surface area contributed by atoms with Crippen molar-refractivity contribution in [3.63, 3.8) is 0 Å². The van der Waals surface area contributed by atoms with Crippen LogP contribution >= 0.6 is 0 Å². The molecule has 0 fully saturated rings. The van der Waals surface area contributed by atoms with E-state index in [0.717, 1.165) is 43.4 Å². The van der Waals surface area contributed by atoms with Gasteiger partial charge in [0, 0.05) is 39.0 Å². The molecule has 0 aromatic heterocycles. The number of rotatable bonds is 17. The number of carbonyl (C=O) groups excluding carboxylic acids is 2. The number of nitrogens with zero attached hydrogens (tertiary/aromatic N) is 1. The predicted octanol–water partition coefficient (Wildman–Crippen LogP) is 5.09. The summed E-state index contributed by atoms with van der Waals surface area (Å²) in [5, 5.41) is 12.0. The Hall–Kier alpha value is -3.55. The van der Waals surface area contributed by atoms with Crippen LogP contribution in [-0.4, -0.2) is 55.6 Å². The van der Waals surface area contributed by atoms with Crippen LogP contribution in [0.25, 0.3) is 0 Å². The van der Waals surface area contributed by atoms with E-state index in [1.165, 1.54) is 10.5 Å². The SMILES string of the molecule is COc1ccc(CCCCCCOc2ccc(NC(=O)CCCC(=O)N(C)C)cc2CCC(=O)O)cc1. The number of methoxy groups -OCH3 is 1. The summed E-state index contributed by atoms with van der Waals surface area (Å²) in [4.78, 5) is 36.6. The molecule has 2 rings (SSSR count). The molecule has 0 saturated heterocycles. The van der Waals surface area contributed by atoms with Crippen LogP contribution in [0.5, 0.6) is 11.5 Å². The molecule has 8 nitrogen and oxygen atoms in total. The first-order valence-electron chi connectivity index (χ1n) is 12.9. The Morgan fingerprint density at radius 2 is 1.59 bits per heavy atom. The quantitative estimate of drug-likeness (QED) is 0.286. The minimum Gasteiger partial charge on any atom is -0.497 e. The van der Waals surface area contributed by atoms with Gasteiger partial charge in [-0.3, -0.25) is 14.4 Å². The van der Waals surface area contributed by atoms with Crippen molar-refractivity contribution in [2.24, 2.45) is 0 Å². The zero-order valence-electron chi connectivity index (χ0n) is 22.3. The molecule has 2 aromatic rings. The van der Waals surface area contributed by atoms with Crippen LogP contribution in [0.3, 0.4) is 0 Å². The Kier molecular flexibility index (Phi) is 13.0. The van der Waals surface area contributed by atoms with Gasteiger partial charge in [-0.05, 0) is 73.6 Å². The topological polar surface area (TPSA) is 105 Å². The molecule has 0 atom stereocenters. The highest BCUT2D eigenvalue weighted by molar-refractivity contribution is 5.91. The van der Waals surface area contributed by atoms with Crippen LogP contribution in [0.4, 0.5) is 5.69 Å². The van der Waals surface area contributed by atoms with Gasteiger partial charge in [0.05, 0.1) is 13.7 Å². The van der Waals surface area contributed by atoms with Crippen LogP contribution in [0, 0.1) is 0 Å². The van der Waals surface area contributed by atoms with Gasteiger partial charge in [-0.25, -0.2) is 0 Å². The number of ether oxygens (including phenoxy) is 2. The van der Waals surface area contributed by atoms with Crippen LogP contribution < -0.4 is 14.8 Å². The van der Waals surface area contributed by atoms with Crippen molar-refractivity contribution in [1.29, 1.82) is 0 Å². The summed E-state index contributed by atoms with van der Waals surface area (Å²) in [7, 11) is 5.04. The first-order valence-corrected chi connectivity index (χ1v) is 12.9. The molecule has 2 aromatic carbocycles. The fourth-order valence-corrected chi connectivity index (χ4v) is 3.84. The largest absolute Gasteiger partial charge is 0.497 e. The molecule has 2 N–H and O–H groups in total. The van der Waals surface area contributed by atoms with E-state index >= 15 is 0 Å². The second-order valence-electron chi connectivity index (χ2n) is 9.27. The highest BCUT2D eigenvalue weighted by atomic mass is 16.5. The third-order valence-corrected chi connectivity index (χ3v) is 6.02. The first-order chi connectivity index (χ1) is 17.8. The fourth-order valence-electron chi connectivity index (χ4n) is 3.84. The lowest BCUT2D eigenvalue weighted by atomic mass is 10.1. The number of carbonyl (C=O) groups is 3. The molecule has 8 heteroatoms. The number of hydrogen-bond acceptors (Lipinski definition) is 5. The number of aryl methyl sites for hydroxylation is 2. The zero-order chi connectivity index (χ0) is 27.0. The molecule has 0 aliphatic heterocycles. The van der Waals surface area contributed by atoms with Gasteiger partial charge in [-0.15, -0.1) is 0 Å². The molecule has 0 aliphatic carbocycles. The number of amides is 2. The number of nitrogens with one attached hydrogen (secondary N) is 1. The van der Waals surface area contributed by atoms with Crippen LogP contribution in [-0.2, 0) is 27.2 Å². The van der Waals surface area contributed by atoms with Crippen molar-refractivity contribution in [2.75, 3.05) is 33.1 Å². The van der Waals surface area contributed by atoms with Gasteiger partial charge >= 0.3 is 5.97 Å². The van der Waals surface area contributed by atoms with E-state index in [-0.39, 0.29) is 24.7 Å². The Bertz CT molecular complexity index is 1000. The van der Waals surface area contributed by atoms with Gasteiger partial charge in [0.2, 0.25) is 11.8 Å². The summed E-state index contributed by atoms with van der Waals surface area (Å²) in [6.07, 6.45) is 6.51. The summed E-state index contributed by atoms with van der Waals surface area (Å²) in [5.74, 6) is 0.436. The Labute approximate surface area is 220 Å². The normalized spacial score (nSPS) is 10.6. The van der Waals surface area contributed by atoms with Gasteiger partial charge in [0.25, 0.3) is 0 Å². The number of hydrogen-bond donors (Lipinski definition) is 2. The molecule has 0 heterocycles. The van der Waals surface area contributed by atoms with Gasteiger partial charge < -0.3 is 24.8 Å². The molecule has 37 heavy (non-hydrogen) atoms. The van der Waals surface area contributed by atoms with Crippen molar-refractivity contribution < 1.29 is 29.0 Å². The molecule has 0 spiro atoms. The van der Waals surface area contributed by atoms with Crippen molar-refractivity contribution in [3.8, 4) is 11.5 Å². The molecular weight excluding hydrogens is 472 g/mol. The second kappa shape index (κ2) is 16.2. The van der Waals surface area contributed by atoms with Crippen LogP contribution in [0.15, 0.2) is 42.5 Å². The molecule has 0 unspecified atom stereocenters. The average Bonchev–Trinajstić information content (AvgIpc) is 2.87. The second-order valence-corrected chi connectivity index (χ2v) is 9.27. The smallest absolute Gasteiger partial charge is 0.303 e. The number of anilines is 1. The molecule has 0 bridgehead atoms. The number of carboxylic acid groups (broad SMARTS) is 1. The standard InChI is InChI=1S/C29H40N2O6/c1-31(2)28(33)11-8-10-27(32)30-24-15-18-26(23(21-24)14-19-29(34)35)37-20-7-5-4-6-9-22-12-16-25(36-3)17-13-22/h12-13,15-18,21H,4-11,14,19-20H2,1-3H3,(H,30,32)(H,34,35).